The molecule has 0 spiro atoms. The van der Waals surface area contributed by atoms with Crippen LogP contribution >= 0.6 is 11.3 Å². The molecule has 3 rings (SSSR count). The standard InChI is InChI=1S/C19H18N4OS/c1-4-18(24)21-15-7-5-6-14(10-15)16-8-12(2)9-17(22-16)23-19-20-11-13(3)25-19/h4-11H,1H2,2-3H3,(H,21,24)(H,20,22,23)/p+1. The van der Waals surface area contributed by atoms with Gasteiger partial charge in [0.25, 0.3) is 5.13 Å². The lowest BCUT2D eigenvalue weighted by atomic mass is 10.1. The third kappa shape index (κ3) is 4.37. The lowest BCUT2D eigenvalue weighted by molar-refractivity contribution is -0.482. The van der Waals surface area contributed by atoms with Crippen LogP contribution in [0, 0.1) is 13.8 Å². The number of rotatable bonds is 5. The number of quaternary nitrogens is 1. The van der Waals surface area contributed by atoms with Crippen LogP contribution in [0.3, 0.4) is 0 Å². The average molecular weight is 351 g/mol. The summed E-state index contributed by atoms with van der Waals surface area (Å²) in [5, 5.41) is 5.69. The van der Waals surface area contributed by atoms with E-state index in [9.17, 15) is 4.79 Å². The number of carbonyl (C=O) groups is 1. The second-order valence-corrected chi connectivity index (χ2v) is 6.95. The molecule has 126 valence electrons. The van der Waals surface area contributed by atoms with Crippen LogP contribution < -0.4 is 10.6 Å². The number of pyridine rings is 1. The number of hydrogen-bond acceptors (Lipinski definition) is 4. The van der Waals surface area contributed by atoms with Gasteiger partial charge in [-0.15, -0.1) is 0 Å². The molecule has 3 aromatic rings. The summed E-state index contributed by atoms with van der Waals surface area (Å²) < 4.78 is 0. The number of carbonyl (C=O) groups excluding carboxylic acids is 1. The molecular formula is C19H19N4OS+. The fourth-order valence-corrected chi connectivity index (χ4v) is 3.15. The molecule has 0 fully saturated rings. The topological polar surface area (TPSA) is 71.5 Å². The summed E-state index contributed by atoms with van der Waals surface area (Å²) in [6.07, 6.45) is 3.11. The van der Waals surface area contributed by atoms with Gasteiger partial charge in [0, 0.05) is 28.4 Å². The lowest BCUT2D eigenvalue weighted by Gasteiger charge is -2.07. The van der Waals surface area contributed by atoms with Gasteiger partial charge < -0.3 is 5.32 Å². The number of benzene rings is 1. The van der Waals surface area contributed by atoms with Gasteiger partial charge in [0.2, 0.25) is 11.7 Å². The Morgan fingerprint density at radius 1 is 1.28 bits per heavy atom. The van der Waals surface area contributed by atoms with E-state index < -0.39 is 0 Å². The van der Waals surface area contributed by atoms with Crippen molar-refractivity contribution < 1.29 is 10.1 Å². The number of aryl methyl sites for hydroxylation is 2. The third-order valence-electron chi connectivity index (χ3n) is 3.51. The highest BCUT2D eigenvalue weighted by Crippen LogP contribution is 2.23. The van der Waals surface area contributed by atoms with Gasteiger partial charge in [0.05, 0.1) is 5.69 Å². The predicted molar refractivity (Wildman–Crippen MR) is 101 cm³/mol. The van der Waals surface area contributed by atoms with Gasteiger partial charge >= 0.3 is 0 Å². The fraction of sp³-hybridized carbons (Fsp3) is 0.105. The molecule has 3 N–H and O–H groups in total. The number of aromatic nitrogens is 2. The first kappa shape index (κ1) is 17.0. The first-order chi connectivity index (χ1) is 12.0. The zero-order valence-electron chi connectivity index (χ0n) is 14.1. The Morgan fingerprint density at radius 3 is 2.84 bits per heavy atom. The molecule has 2 aromatic heterocycles. The van der Waals surface area contributed by atoms with Crippen molar-refractivity contribution in [3.63, 3.8) is 0 Å². The molecular weight excluding hydrogens is 332 g/mol. The van der Waals surface area contributed by atoms with E-state index in [1.165, 1.54) is 11.0 Å². The van der Waals surface area contributed by atoms with Crippen LogP contribution in [-0.2, 0) is 4.79 Å². The van der Waals surface area contributed by atoms with Crippen molar-refractivity contribution in [1.29, 1.82) is 0 Å². The van der Waals surface area contributed by atoms with Crippen molar-refractivity contribution in [2.24, 2.45) is 0 Å². The van der Waals surface area contributed by atoms with Crippen molar-refractivity contribution >= 4 is 33.9 Å². The Kier molecular flexibility index (Phi) is 5.02. The van der Waals surface area contributed by atoms with Gasteiger partial charge in [0.1, 0.15) is 0 Å². The van der Waals surface area contributed by atoms with Crippen molar-refractivity contribution in [1.82, 2.24) is 9.97 Å². The van der Waals surface area contributed by atoms with Gasteiger partial charge in [-0.3, -0.25) is 4.79 Å². The van der Waals surface area contributed by atoms with Crippen LogP contribution in [0.15, 0.2) is 55.3 Å². The summed E-state index contributed by atoms with van der Waals surface area (Å²) in [6.45, 7) is 7.54. The number of nitrogens with one attached hydrogen (secondary N) is 1. The largest absolute Gasteiger partial charge is 0.323 e. The second kappa shape index (κ2) is 7.38. The summed E-state index contributed by atoms with van der Waals surface area (Å²) in [5.74, 6) is 0.632. The van der Waals surface area contributed by atoms with Gasteiger partial charge in [-0.1, -0.05) is 30.0 Å². The van der Waals surface area contributed by atoms with Crippen LogP contribution in [0.5, 0.6) is 0 Å². The number of nitrogens with two attached hydrogens (primary N) is 1. The SMILES string of the molecule is C=CC(=O)Nc1cccc(-c2cc(C)cc([NH2+]c3ncc(C)s3)n2)c1. The van der Waals surface area contributed by atoms with E-state index in [4.69, 9.17) is 4.98 Å². The molecule has 6 heteroatoms. The zero-order valence-corrected chi connectivity index (χ0v) is 14.9. The van der Waals surface area contributed by atoms with Crippen molar-refractivity contribution in [3.05, 3.63) is 65.7 Å². The van der Waals surface area contributed by atoms with Gasteiger partial charge in [-0.05, 0) is 43.7 Å². The Hall–Kier alpha value is -2.83. The number of amides is 1. The number of anilines is 1. The molecule has 0 bridgehead atoms. The zero-order chi connectivity index (χ0) is 17.8. The Balaban J connectivity index is 1.90. The molecule has 0 radical (unpaired) electrons. The van der Waals surface area contributed by atoms with Gasteiger partial charge in [-0.25, -0.2) is 5.32 Å². The summed E-state index contributed by atoms with van der Waals surface area (Å²) >= 11 is 1.64. The van der Waals surface area contributed by atoms with Crippen molar-refractivity contribution in [2.45, 2.75) is 13.8 Å². The molecule has 0 aliphatic rings. The smallest absolute Gasteiger partial charge is 0.289 e. The van der Waals surface area contributed by atoms with Gasteiger partial charge in [-0.2, -0.15) is 9.97 Å². The molecule has 0 saturated heterocycles. The molecule has 0 aliphatic carbocycles. The molecule has 0 saturated carbocycles. The highest BCUT2D eigenvalue weighted by atomic mass is 32.1. The molecule has 0 unspecified atom stereocenters. The van der Waals surface area contributed by atoms with Crippen LogP contribution in [0.25, 0.3) is 11.3 Å². The summed E-state index contributed by atoms with van der Waals surface area (Å²) in [5.41, 5.74) is 3.63. The predicted octanol–water partition coefficient (Wildman–Crippen LogP) is 3.47. The normalized spacial score (nSPS) is 10.5. The van der Waals surface area contributed by atoms with Crippen LogP contribution in [0.2, 0.25) is 0 Å². The van der Waals surface area contributed by atoms with E-state index in [1.807, 2.05) is 61.8 Å². The Morgan fingerprint density at radius 2 is 2.12 bits per heavy atom. The van der Waals surface area contributed by atoms with E-state index in [0.29, 0.717) is 5.69 Å². The minimum absolute atomic E-state index is 0.234. The number of nitrogens with zero attached hydrogens (tertiary/aromatic N) is 2. The second-order valence-electron chi connectivity index (χ2n) is 5.68. The average Bonchev–Trinajstić information content (AvgIpc) is 2.99. The van der Waals surface area contributed by atoms with E-state index >= 15 is 0 Å². The Bertz CT molecular complexity index is 933. The maximum atomic E-state index is 11.5. The molecule has 0 atom stereocenters. The molecule has 5 nitrogen and oxygen atoms in total. The summed E-state index contributed by atoms with van der Waals surface area (Å²) in [6, 6.07) is 11.7. The summed E-state index contributed by atoms with van der Waals surface area (Å²) in [7, 11) is 0. The monoisotopic (exact) mass is 351 g/mol. The lowest BCUT2D eigenvalue weighted by Crippen LogP contribution is -2.71. The quantitative estimate of drug-likeness (QED) is 0.691. The maximum Gasteiger partial charge on any atom is 0.289 e. The highest BCUT2D eigenvalue weighted by molar-refractivity contribution is 7.14. The molecule has 1 amide bonds. The number of hydrogen-bond donors (Lipinski definition) is 2. The van der Waals surface area contributed by atoms with Crippen LogP contribution in [0.4, 0.5) is 16.6 Å². The molecule has 25 heavy (non-hydrogen) atoms. The third-order valence-corrected chi connectivity index (χ3v) is 4.37. The van der Waals surface area contributed by atoms with Crippen LogP contribution in [0.1, 0.15) is 10.4 Å². The van der Waals surface area contributed by atoms with Crippen molar-refractivity contribution in [2.75, 3.05) is 5.32 Å². The van der Waals surface area contributed by atoms with E-state index in [1.54, 1.807) is 11.3 Å². The molecule has 1 aromatic carbocycles. The van der Waals surface area contributed by atoms with Gasteiger partial charge in [0.15, 0.2) is 0 Å². The maximum absolute atomic E-state index is 11.5. The minimum Gasteiger partial charge on any atom is -0.323 e. The fourth-order valence-electron chi connectivity index (χ4n) is 2.43. The van der Waals surface area contributed by atoms with Crippen LogP contribution in [-0.4, -0.2) is 15.9 Å². The highest BCUT2D eigenvalue weighted by Gasteiger charge is 2.10. The minimum atomic E-state index is -0.234. The molecule has 2 heterocycles. The first-order valence-electron chi connectivity index (χ1n) is 7.83. The van der Waals surface area contributed by atoms with Crippen molar-refractivity contribution in [3.8, 4) is 11.3 Å². The van der Waals surface area contributed by atoms with E-state index in [-0.39, 0.29) is 5.91 Å². The van der Waals surface area contributed by atoms with E-state index in [2.05, 4.69) is 16.9 Å². The number of thiazole rings is 1. The summed E-state index contributed by atoms with van der Waals surface area (Å²) in [4.78, 5) is 21.8. The molecule has 0 aliphatic heterocycles. The van der Waals surface area contributed by atoms with E-state index in [0.717, 1.165) is 27.8 Å². The Labute approximate surface area is 150 Å². The first-order valence-corrected chi connectivity index (χ1v) is 8.65.